The molecule has 0 aliphatic rings. The van der Waals surface area contributed by atoms with Gasteiger partial charge in [-0.3, -0.25) is 14.2 Å². The third-order valence-corrected chi connectivity index (χ3v) is 6.36. The summed E-state index contributed by atoms with van der Waals surface area (Å²) in [7, 11) is 0. The Kier molecular flexibility index (Phi) is 7.27. The zero-order valence-electron chi connectivity index (χ0n) is 19.6. The van der Waals surface area contributed by atoms with Crippen LogP contribution in [-0.2, 0) is 11.3 Å². The van der Waals surface area contributed by atoms with E-state index in [-0.39, 0.29) is 17.4 Å². The second kappa shape index (κ2) is 10.3. The molecule has 4 aromatic rings. The number of rotatable bonds is 7. The van der Waals surface area contributed by atoms with Gasteiger partial charge in [0.05, 0.1) is 22.6 Å². The van der Waals surface area contributed by atoms with Gasteiger partial charge in [-0.15, -0.1) is 0 Å². The number of aromatic nitrogens is 2. The van der Waals surface area contributed by atoms with Gasteiger partial charge in [-0.2, -0.15) is 0 Å². The van der Waals surface area contributed by atoms with E-state index in [2.05, 4.69) is 15.9 Å². The molecule has 4 rings (SSSR count). The molecule has 0 saturated carbocycles. The molecule has 1 unspecified atom stereocenters. The second-order valence-electron chi connectivity index (χ2n) is 8.89. The van der Waals surface area contributed by atoms with E-state index < -0.39 is 6.04 Å². The number of fused-ring (bicyclic) bond motifs is 1. The summed E-state index contributed by atoms with van der Waals surface area (Å²) in [5, 5.41) is 0.546. The van der Waals surface area contributed by atoms with Crippen LogP contribution < -0.4 is 5.56 Å². The summed E-state index contributed by atoms with van der Waals surface area (Å²) in [5.74, 6) is 0.798. The average Bonchev–Trinajstić information content (AvgIpc) is 2.83. The lowest BCUT2D eigenvalue weighted by atomic mass is 10.1. The fraction of sp³-hybridized carbons (Fsp3) is 0.250. The van der Waals surface area contributed by atoms with Crippen LogP contribution in [0.25, 0.3) is 16.6 Å². The van der Waals surface area contributed by atoms with E-state index >= 15 is 0 Å². The van der Waals surface area contributed by atoms with Crippen LogP contribution >= 0.6 is 15.9 Å². The van der Waals surface area contributed by atoms with Crippen LogP contribution in [0.3, 0.4) is 0 Å². The first-order valence-corrected chi connectivity index (χ1v) is 12.3. The largest absolute Gasteiger partial charge is 0.328 e. The number of benzene rings is 3. The molecule has 0 aliphatic heterocycles. The van der Waals surface area contributed by atoms with Crippen LogP contribution in [0.15, 0.2) is 88.1 Å². The van der Waals surface area contributed by atoms with Crippen molar-refractivity contribution in [3.63, 3.8) is 0 Å². The number of amides is 1. The zero-order valence-corrected chi connectivity index (χ0v) is 21.2. The van der Waals surface area contributed by atoms with E-state index in [1.165, 1.54) is 0 Å². The Labute approximate surface area is 208 Å². The van der Waals surface area contributed by atoms with Crippen LogP contribution in [0.5, 0.6) is 0 Å². The number of hydrogen-bond donors (Lipinski definition) is 0. The molecular formula is C28H28BrN3O2. The minimum atomic E-state index is -0.424. The number of hydrogen-bond acceptors (Lipinski definition) is 3. The minimum absolute atomic E-state index is 0.0381. The molecule has 3 aromatic carbocycles. The molecule has 1 aromatic heterocycles. The van der Waals surface area contributed by atoms with Crippen LogP contribution in [-0.4, -0.2) is 20.4 Å². The Hall–Kier alpha value is -3.25. The number of para-hydroxylation sites is 1. The maximum atomic E-state index is 13.7. The molecule has 0 bridgehead atoms. The first-order chi connectivity index (χ1) is 16.3. The number of halogens is 1. The summed E-state index contributed by atoms with van der Waals surface area (Å²) in [4.78, 5) is 33.8. The molecule has 1 heterocycles. The van der Waals surface area contributed by atoms with Crippen molar-refractivity contribution in [3.05, 3.63) is 105 Å². The van der Waals surface area contributed by atoms with Crippen LogP contribution in [0.2, 0.25) is 0 Å². The molecule has 34 heavy (non-hydrogen) atoms. The molecule has 6 heteroatoms. The summed E-state index contributed by atoms with van der Waals surface area (Å²) in [6.07, 6.45) is 0.424. The van der Waals surface area contributed by atoms with Gasteiger partial charge in [-0.05, 0) is 54.8 Å². The van der Waals surface area contributed by atoms with Crippen LogP contribution in [0, 0.1) is 5.92 Å². The van der Waals surface area contributed by atoms with Crippen molar-refractivity contribution in [1.29, 1.82) is 0 Å². The predicted octanol–water partition coefficient (Wildman–Crippen LogP) is 6.28. The summed E-state index contributed by atoms with van der Waals surface area (Å²) in [5.41, 5.74) is 2.22. The molecule has 1 amide bonds. The third kappa shape index (κ3) is 5.12. The molecule has 0 N–H and O–H groups in total. The third-order valence-electron chi connectivity index (χ3n) is 5.83. The van der Waals surface area contributed by atoms with Crippen molar-refractivity contribution in [1.82, 2.24) is 14.5 Å². The van der Waals surface area contributed by atoms with Gasteiger partial charge in [0.15, 0.2) is 0 Å². The second-order valence-corrected chi connectivity index (χ2v) is 9.80. The van der Waals surface area contributed by atoms with Crippen molar-refractivity contribution in [2.24, 2.45) is 5.92 Å². The van der Waals surface area contributed by atoms with E-state index in [0.717, 1.165) is 10.0 Å². The summed E-state index contributed by atoms with van der Waals surface area (Å²) in [6, 6.07) is 24.4. The van der Waals surface area contributed by atoms with Gasteiger partial charge in [0.2, 0.25) is 5.91 Å². The smallest absolute Gasteiger partial charge is 0.266 e. The van der Waals surface area contributed by atoms with Gasteiger partial charge in [-0.25, -0.2) is 4.98 Å². The molecular weight excluding hydrogens is 490 g/mol. The lowest BCUT2D eigenvalue weighted by Gasteiger charge is -2.31. The van der Waals surface area contributed by atoms with Crippen LogP contribution in [0.4, 0.5) is 0 Å². The highest BCUT2D eigenvalue weighted by molar-refractivity contribution is 9.10. The standard InChI is InChI=1S/C28H28BrN3O2/c1-19(2)17-26(33)31(18-21-9-5-4-6-10-21)20(3)27-30-25-12-8-7-11-24(25)28(34)32(27)23-15-13-22(29)14-16-23/h4-16,19-20H,17-18H2,1-3H3. The highest BCUT2D eigenvalue weighted by Crippen LogP contribution is 2.26. The SMILES string of the molecule is CC(C)CC(=O)N(Cc1ccccc1)C(C)c1nc2ccccc2c(=O)n1-c1ccc(Br)cc1. The monoisotopic (exact) mass is 517 g/mol. The van der Waals surface area contributed by atoms with Gasteiger partial charge in [0.25, 0.3) is 5.56 Å². The maximum absolute atomic E-state index is 13.7. The Morgan fingerprint density at radius 1 is 0.941 bits per heavy atom. The number of nitrogens with zero attached hydrogens (tertiary/aromatic N) is 3. The Morgan fingerprint density at radius 2 is 1.59 bits per heavy atom. The van der Waals surface area contributed by atoms with E-state index in [9.17, 15) is 9.59 Å². The van der Waals surface area contributed by atoms with Gasteiger partial charge >= 0.3 is 0 Å². The molecule has 0 saturated heterocycles. The van der Waals surface area contributed by atoms with Gasteiger partial charge in [-0.1, -0.05) is 72.2 Å². The van der Waals surface area contributed by atoms with Crippen molar-refractivity contribution < 1.29 is 4.79 Å². The molecule has 174 valence electrons. The molecule has 1 atom stereocenters. The first kappa shape index (κ1) is 23.9. The summed E-state index contributed by atoms with van der Waals surface area (Å²) in [6.45, 7) is 6.47. The first-order valence-electron chi connectivity index (χ1n) is 11.5. The van der Waals surface area contributed by atoms with Crippen molar-refractivity contribution in [3.8, 4) is 5.69 Å². The van der Waals surface area contributed by atoms with Crippen LogP contribution in [0.1, 0.15) is 44.6 Å². The molecule has 0 aliphatic carbocycles. The van der Waals surface area contributed by atoms with E-state index in [1.54, 1.807) is 10.6 Å². The van der Waals surface area contributed by atoms with Crippen molar-refractivity contribution in [2.45, 2.75) is 39.8 Å². The van der Waals surface area contributed by atoms with Crippen molar-refractivity contribution >= 4 is 32.7 Å². The molecule has 0 fully saturated rings. The van der Waals surface area contributed by atoms with E-state index in [4.69, 9.17) is 4.98 Å². The molecule has 0 radical (unpaired) electrons. The lowest BCUT2D eigenvalue weighted by molar-refractivity contribution is -0.135. The number of carbonyl (C=O) groups excluding carboxylic acids is 1. The van der Waals surface area contributed by atoms with E-state index in [1.807, 2.05) is 98.5 Å². The lowest BCUT2D eigenvalue weighted by Crippen LogP contribution is -2.37. The summed E-state index contributed by atoms with van der Waals surface area (Å²) < 4.78 is 2.56. The normalized spacial score (nSPS) is 12.1. The van der Waals surface area contributed by atoms with E-state index in [0.29, 0.717) is 35.4 Å². The Balaban J connectivity index is 1.89. The van der Waals surface area contributed by atoms with Gasteiger partial charge in [0, 0.05) is 17.4 Å². The molecule has 0 spiro atoms. The maximum Gasteiger partial charge on any atom is 0.266 e. The van der Waals surface area contributed by atoms with Crippen molar-refractivity contribution in [2.75, 3.05) is 0 Å². The zero-order chi connectivity index (χ0) is 24.2. The highest BCUT2D eigenvalue weighted by atomic mass is 79.9. The minimum Gasteiger partial charge on any atom is -0.328 e. The van der Waals surface area contributed by atoms with Gasteiger partial charge in [0.1, 0.15) is 5.82 Å². The molecule has 5 nitrogen and oxygen atoms in total. The fourth-order valence-corrected chi connectivity index (χ4v) is 4.36. The fourth-order valence-electron chi connectivity index (χ4n) is 4.10. The predicted molar refractivity (Wildman–Crippen MR) is 140 cm³/mol. The topological polar surface area (TPSA) is 55.2 Å². The number of carbonyl (C=O) groups is 1. The average molecular weight is 518 g/mol. The quantitative estimate of drug-likeness (QED) is 0.289. The van der Waals surface area contributed by atoms with Gasteiger partial charge < -0.3 is 4.90 Å². The highest BCUT2D eigenvalue weighted by Gasteiger charge is 2.27. The Bertz CT molecular complexity index is 1350. The Morgan fingerprint density at radius 3 is 2.26 bits per heavy atom. The summed E-state index contributed by atoms with van der Waals surface area (Å²) >= 11 is 3.47.